The highest BCUT2D eigenvalue weighted by Crippen LogP contribution is 2.44. The van der Waals surface area contributed by atoms with E-state index in [9.17, 15) is 0 Å². The van der Waals surface area contributed by atoms with E-state index in [0.29, 0.717) is 6.10 Å². The second kappa shape index (κ2) is 4.66. The van der Waals surface area contributed by atoms with Crippen LogP contribution in [0, 0.1) is 5.41 Å². The molecule has 0 aromatic carbocycles. The lowest BCUT2D eigenvalue weighted by atomic mass is 9.82. The smallest absolute Gasteiger partial charge is 0.0687 e. The Morgan fingerprint density at radius 2 is 1.88 bits per heavy atom. The number of nitrogens with two attached hydrogens (primary N) is 1. The predicted molar refractivity (Wildman–Crippen MR) is 67.4 cm³/mol. The highest BCUT2D eigenvalue weighted by molar-refractivity contribution is 4.92. The lowest BCUT2D eigenvalue weighted by Crippen LogP contribution is -2.34. The zero-order valence-corrected chi connectivity index (χ0v) is 10.9. The first-order valence-electron chi connectivity index (χ1n) is 6.93. The molecule has 1 atom stereocenters. The zero-order valence-electron chi connectivity index (χ0n) is 10.9. The van der Waals surface area contributed by atoms with E-state index < -0.39 is 0 Å². The van der Waals surface area contributed by atoms with Crippen LogP contribution in [0.2, 0.25) is 0 Å². The van der Waals surface area contributed by atoms with Gasteiger partial charge in [-0.1, -0.05) is 33.1 Å². The normalized spacial score (nSPS) is 29.8. The van der Waals surface area contributed by atoms with E-state index in [1.54, 1.807) is 0 Å². The summed E-state index contributed by atoms with van der Waals surface area (Å²) in [5, 5.41) is 0. The number of ether oxygens (including phenoxy) is 1. The molecule has 1 spiro atoms. The average molecular weight is 225 g/mol. The van der Waals surface area contributed by atoms with E-state index in [-0.39, 0.29) is 11.0 Å². The van der Waals surface area contributed by atoms with E-state index in [1.807, 2.05) is 0 Å². The Morgan fingerprint density at radius 1 is 1.19 bits per heavy atom. The maximum atomic E-state index is 6.37. The molecule has 16 heavy (non-hydrogen) atoms. The SMILES string of the molecule is CC(C)(CN)CC1CCC2(CCCCC2)O1. The minimum absolute atomic E-state index is 0.241. The first kappa shape index (κ1) is 12.4. The van der Waals surface area contributed by atoms with Crippen LogP contribution in [0.15, 0.2) is 0 Å². The Morgan fingerprint density at radius 3 is 2.50 bits per heavy atom. The third-order valence-corrected chi connectivity index (χ3v) is 4.44. The second-order valence-corrected chi connectivity index (χ2v) is 6.59. The molecule has 0 radical (unpaired) electrons. The summed E-state index contributed by atoms with van der Waals surface area (Å²) in [7, 11) is 0. The van der Waals surface area contributed by atoms with Crippen molar-refractivity contribution in [3.8, 4) is 0 Å². The van der Waals surface area contributed by atoms with Crippen molar-refractivity contribution in [3.63, 3.8) is 0 Å². The predicted octanol–water partition coefficient (Wildman–Crippen LogP) is 3.24. The number of hydrogen-bond donors (Lipinski definition) is 1. The van der Waals surface area contributed by atoms with Crippen molar-refractivity contribution in [3.05, 3.63) is 0 Å². The van der Waals surface area contributed by atoms with Crippen molar-refractivity contribution in [2.75, 3.05) is 6.54 Å². The van der Waals surface area contributed by atoms with Gasteiger partial charge in [-0.3, -0.25) is 0 Å². The van der Waals surface area contributed by atoms with Gasteiger partial charge in [0.1, 0.15) is 0 Å². The van der Waals surface area contributed by atoms with E-state index in [2.05, 4.69) is 13.8 Å². The van der Waals surface area contributed by atoms with Gasteiger partial charge in [0, 0.05) is 0 Å². The molecular weight excluding hydrogens is 198 g/mol. The standard InChI is InChI=1S/C14H27NO/c1-13(2,11-15)10-12-6-9-14(16-12)7-4-3-5-8-14/h12H,3-11,15H2,1-2H3. The van der Waals surface area contributed by atoms with E-state index in [4.69, 9.17) is 10.5 Å². The van der Waals surface area contributed by atoms with Gasteiger partial charge in [0.2, 0.25) is 0 Å². The summed E-state index contributed by atoms with van der Waals surface area (Å²) in [6.07, 6.45) is 10.9. The third kappa shape index (κ3) is 2.78. The highest BCUT2D eigenvalue weighted by atomic mass is 16.5. The maximum absolute atomic E-state index is 6.37. The van der Waals surface area contributed by atoms with Crippen LogP contribution in [0.1, 0.15) is 65.2 Å². The average Bonchev–Trinajstić information content (AvgIpc) is 2.62. The quantitative estimate of drug-likeness (QED) is 0.800. The van der Waals surface area contributed by atoms with Gasteiger partial charge in [0.15, 0.2) is 0 Å². The molecule has 0 aromatic heterocycles. The maximum Gasteiger partial charge on any atom is 0.0687 e. The first-order chi connectivity index (χ1) is 7.55. The first-order valence-corrected chi connectivity index (χ1v) is 6.93. The summed E-state index contributed by atoms with van der Waals surface area (Å²) in [5.41, 5.74) is 6.31. The van der Waals surface area contributed by atoms with E-state index >= 15 is 0 Å². The molecule has 2 fully saturated rings. The minimum Gasteiger partial charge on any atom is -0.372 e. The van der Waals surface area contributed by atoms with Gasteiger partial charge in [-0.15, -0.1) is 0 Å². The Labute approximate surface area is 99.9 Å². The van der Waals surface area contributed by atoms with Crippen LogP contribution >= 0.6 is 0 Å². The van der Waals surface area contributed by atoms with Crippen LogP contribution in [0.5, 0.6) is 0 Å². The van der Waals surface area contributed by atoms with Crippen molar-refractivity contribution in [1.29, 1.82) is 0 Å². The molecule has 1 unspecified atom stereocenters. The molecule has 1 aliphatic carbocycles. The van der Waals surface area contributed by atoms with Crippen LogP contribution in [0.25, 0.3) is 0 Å². The molecule has 2 nitrogen and oxygen atoms in total. The van der Waals surface area contributed by atoms with Crippen LogP contribution in [0.3, 0.4) is 0 Å². The third-order valence-electron chi connectivity index (χ3n) is 4.44. The molecule has 2 heteroatoms. The van der Waals surface area contributed by atoms with Gasteiger partial charge in [0.05, 0.1) is 11.7 Å². The highest BCUT2D eigenvalue weighted by Gasteiger charge is 2.41. The molecule has 2 rings (SSSR count). The van der Waals surface area contributed by atoms with Crippen LogP contribution in [-0.2, 0) is 4.74 Å². The Balaban J connectivity index is 1.87. The summed E-state index contributed by atoms with van der Waals surface area (Å²) in [6.45, 7) is 5.27. The van der Waals surface area contributed by atoms with Gasteiger partial charge in [0.25, 0.3) is 0 Å². The van der Waals surface area contributed by atoms with Crippen molar-refractivity contribution < 1.29 is 4.74 Å². The monoisotopic (exact) mass is 225 g/mol. The molecule has 2 aliphatic rings. The van der Waals surface area contributed by atoms with Crippen molar-refractivity contribution >= 4 is 0 Å². The molecular formula is C14H27NO. The fraction of sp³-hybridized carbons (Fsp3) is 1.00. The van der Waals surface area contributed by atoms with Crippen LogP contribution < -0.4 is 5.73 Å². The second-order valence-electron chi connectivity index (χ2n) is 6.59. The molecule has 94 valence electrons. The summed E-state index contributed by atoms with van der Waals surface area (Å²) in [6, 6.07) is 0. The van der Waals surface area contributed by atoms with Gasteiger partial charge in [-0.25, -0.2) is 0 Å². The lowest BCUT2D eigenvalue weighted by Gasteiger charge is -2.34. The summed E-state index contributed by atoms with van der Waals surface area (Å²) in [4.78, 5) is 0. The Kier molecular flexibility index (Phi) is 3.60. The molecule has 2 N–H and O–H groups in total. The molecule has 1 heterocycles. The van der Waals surface area contributed by atoms with Crippen LogP contribution in [-0.4, -0.2) is 18.2 Å². The fourth-order valence-electron chi connectivity index (χ4n) is 3.30. The summed E-state index contributed by atoms with van der Waals surface area (Å²) >= 11 is 0. The Hall–Kier alpha value is -0.0800. The van der Waals surface area contributed by atoms with Gasteiger partial charge >= 0.3 is 0 Å². The minimum atomic E-state index is 0.241. The summed E-state index contributed by atoms with van der Waals surface area (Å²) < 4.78 is 6.37. The van der Waals surface area contributed by atoms with Crippen molar-refractivity contribution in [2.45, 2.75) is 76.9 Å². The summed E-state index contributed by atoms with van der Waals surface area (Å²) in [5.74, 6) is 0. The zero-order chi connectivity index (χ0) is 11.6. The number of rotatable bonds is 3. The van der Waals surface area contributed by atoms with Crippen molar-refractivity contribution in [2.24, 2.45) is 11.1 Å². The lowest BCUT2D eigenvalue weighted by molar-refractivity contribution is -0.0740. The molecule has 1 saturated heterocycles. The van der Waals surface area contributed by atoms with E-state index in [0.717, 1.165) is 13.0 Å². The van der Waals surface area contributed by atoms with E-state index in [1.165, 1.54) is 44.9 Å². The molecule has 1 aliphatic heterocycles. The molecule has 0 aromatic rings. The molecule has 1 saturated carbocycles. The molecule has 0 amide bonds. The Bertz CT molecular complexity index is 231. The fourth-order valence-corrected chi connectivity index (χ4v) is 3.30. The van der Waals surface area contributed by atoms with Gasteiger partial charge < -0.3 is 10.5 Å². The van der Waals surface area contributed by atoms with Crippen LogP contribution in [0.4, 0.5) is 0 Å². The largest absolute Gasteiger partial charge is 0.372 e. The number of hydrogen-bond acceptors (Lipinski definition) is 2. The topological polar surface area (TPSA) is 35.2 Å². The van der Waals surface area contributed by atoms with Gasteiger partial charge in [-0.2, -0.15) is 0 Å². The van der Waals surface area contributed by atoms with Gasteiger partial charge in [-0.05, 0) is 44.1 Å². The van der Waals surface area contributed by atoms with Crippen molar-refractivity contribution in [1.82, 2.24) is 0 Å². The molecule has 0 bridgehead atoms.